The lowest BCUT2D eigenvalue weighted by Gasteiger charge is -2.45. The standard InChI is InChI=1S/C22H25NO/c1-4-20-21(16-15-18-11-7-5-8-12-18)24-22(17(2)23(20)3)19-13-9-6-10-14-19/h4-17,20-22H,1H2,2-3H3/b16-15+/t17-,20+,21-,22-/m0/s1. The van der Waals surface area contributed by atoms with Crippen LogP contribution in [-0.4, -0.2) is 30.1 Å². The van der Waals surface area contributed by atoms with E-state index in [0.29, 0.717) is 0 Å². The fraction of sp³-hybridized carbons (Fsp3) is 0.273. The highest BCUT2D eigenvalue weighted by Gasteiger charge is 2.37. The van der Waals surface area contributed by atoms with Crippen LogP contribution in [0.25, 0.3) is 6.08 Å². The molecule has 1 heterocycles. The van der Waals surface area contributed by atoms with Gasteiger partial charge in [-0.3, -0.25) is 4.90 Å². The maximum atomic E-state index is 6.48. The zero-order valence-corrected chi connectivity index (χ0v) is 14.4. The highest BCUT2D eigenvalue weighted by Crippen LogP contribution is 2.34. The number of morpholine rings is 1. The van der Waals surface area contributed by atoms with Crippen molar-refractivity contribution >= 4 is 6.08 Å². The van der Waals surface area contributed by atoms with E-state index >= 15 is 0 Å². The molecule has 0 saturated carbocycles. The number of hydrogen-bond donors (Lipinski definition) is 0. The van der Waals surface area contributed by atoms with Crippen molar-refractivity contribution in [1.29, 1.82) is 0 Å². The average molecular weight is 319 g/mol. The van der Waals surface area contributed by atoms with Gasteiger partial charge >= 0.3 is 0 Å². The van der Waals surface area contributed by atoms with Crippen molar-refractivity contribution in [1.82, 2.24) is 4.90 Å². The van der Waals surface area contributed by atoms with Crippen molar-refractivity contribution in [3.8, 4) is 0 Å². The van der Waals surface area contributed by atoms with E-state index < -0.39 is 0 Å². The molecule has 0 amide bonds. The van der Waals surface area contributed by atoms with Crippen LogP contribution >= 0.6 is 0 Å². The number of ether oxygens (including phenoxy) is 1. The number of nitrogens with zero attached hydrogens (tertiary/aromatic N) is 1. The molecule has 0 aromatic heterocycles. The van der Waals surface area contributed by atoms with E-state index in [2.05, 4.69) is 74.0 Å². The van der Waals surface area contributed by atoms with E-state index in [0.717, 1.165) is 0 Å². The third kappa shape index (κ3) is 3.50. The summed E-state index contributed by atoms with van der Waals surface area (Å²) >= 11 is 0. The quantitative estimate of drug-likeness (QED) is 0.756. The third-order valence-corrected chi connectivity index (χ3v) is 4.84. The molecule has 1 aliphatic heterocycles. The van der Waals surface area contributed by atoms with Crippen molar-refractivity contribution in [3.05, 3.63) is 90.5 Å². The van der Waals surface area contributed by atoms with Gasteiger partial charge in [0.25, 0.3) is 0 Å². The normalized spacial score (nSPS) is 28.1. The SMILES string of the molecule is C=C[C@@H]1[C@H](/C=C/c2ccccc2)O[C@H](c2ccccc2)[C@H](C)N1C. The second kappa shape index (κ2) is 7.61. The average Bonchev–Trinajstić information content (AvgIpc) is 2.64. The maximum absolute atomic E-state index is 6.48. The van der Waals surface area contributed by atoms with Crippen LogP contribution in [0.3, 0.4) is 0 Å². The molecular formula is C22H25NO. The zero-order chi connectivity index (χ0) is 16.9. The first kappa shape index (κ1) is 16.7. The Kier molecular flexibility index (Phi) is 5.29. The van der Waals surface area contributed by atoms with Crippen LogP contribution in [-0.2, 0) is 4.74 Å². The van der Waals surface area contributed by atoms with Crippen LogP contribution in [0.1, 0.15) is 24.2 Å². The van der Waals surface area contributed by atoms with E-state index in [1.807, 2.05) is 30.3 Å². The Labute approximate surface area is 145 Å². The van der Waals surface area contributed by atoms with Crippen LogP contribution in [0.2, 0.25) is 0 Å². The molecule has 0 bridgehead atoms. The van der Waals surface area contributed by atoms with Crippen LogP contribution in [0.15, 0.2) is 79.4 Å². The third-order valence-electron chi connectivity index (χ3n) is 4.84. The number of benzene rings is 2. The molecule has 24 heavy (non-hydrogen) atoms. The summed E-state index contributed by atoms with van der Waals surface area (Å²) in [6.45, 7) is 6.23. The Morgan fingerprint density at radius 3 is 2.25 bits per heavy atom. The minimum Gasteiger partial charge on any atom is -0.363 e. The zero-order valence-electron chi connectivity index (χ0n) is 14.4. The van der Waals surface area contributed by atoms with E-state index in [4.69, 9.17) is 4.74 Å². The van der Waals surface area contributed by atoms with Crippen molar-refractivity contribution in [2.45, 2.75) is 31.2 Å². The van der Waals surface area contributed by atoms with Crippen molar-refractivity contribution in [2.24, 2.45) is 0 Å². The summed E-state index contributed by atoms with van der Waals surface area (Å²) in [4.78, 5) is 2.36. The lowest BCUT2D eigenvalue weighted by molar-refractivity contribution is -0.111. The van der Waals surface area contributed by atoms with Crippen molar-refractivity contribution in [3.63, 3.8) is 0 Å². The Hall–Kier alpha value is -2.16. The molecule has 0 aliphatic carbocycles. The second-order valence-corrected chi connectivity index (χ2v) is 6.33. The van der Waals surface area contributed by atoms with Gasteiger partial charge in [-0.15, -0.1) is 6.58 Å². The molecule has 0 unspecified atom stereocenters. The number of hydrogen-bond acceptors (Lipinski definition) is 2. The molecule has 2 nitrogen and oxygen atoms in total. The fourth-order valence-electron chi connectivity index (χ4n) is 3.31. The van der Waals surface area contributed by atoms with Gasteiger partial charge in [-0.2, -0.15) is 0 Å². The molecule has 2 aromatic rings. The molecule has 2 aromatic carbocycles. The van der Waals surface area contributed by atoms with Crippen LogP contribution < -0.4 is 0 Å². The number of rotatable bonds is 4. The first-order chi connectivity index (χ1) is 11.7. The van der Waals surface area contributed by atoms with Gasteiger partial charge in [0.15, 0.2) is 0 Å². The topological polar surface area (TPSA) is 12.5 Å². The van der Waals surface area contributed by atoms with Gasteiger partial charge in [-0.05, 0) is 25.1 Å². The largest absolute Gasteiger partial charge is 0.363 e. The molecule has 1 saturated heterocycles. The van der Waals surface area contributed by atoms with Crippen LogP contribution in [0.4, 0.5) is 0 Å². The fourth-order valence-corrected chi connectivity index (χ4v) is 3.31. The summed E-state index contributed by atoms with van der Waals surface area (Å²) in [6.07, 6.45) is 6.30. The molecular weight excluding hydrogens is 294 g/mol. The monoisotopic (exact) mass is 319 g/mol. The molecule has 1 fully saturated rings. The Morgan fingerprint density at radius 2 is 1.62 bits per heavy atom. The van der Waals surface area contributed by atoms with Crippen molar-refractivity contribution < 1.29 is 4.74 Å². The van der Waals surface area contributed by atoms with E-state index in [1.54, 1.807) is 0 Å². The Morgan fingerprint density at radius 1 is 1.00 bits per heavy atom. The van der Waals surface area contributed by atoms with Gasteiger partial charge < -0.3 is 4.74 Å². The highest BCUT2D eigenvalue weighted by atomic mass is 16.5. The minimum atomic E-state index is -0.0193. The molecule has 4 atom stereocenters. The predicted octanol–water partition coefficient (Wildman–Crippen LogP) is 4.71. The lowest BCUT2D eigenvalue weighted by Crippen LogP contribution is -2.53. The molecule has 0 N–H and O–H groups in total. The Balaban J connectivity index is 1.86. The summed E-state index contributed by atoms with van der Waals surface area (Å²) in [5.41, 5.74) is 2.40. The molecule has 0 radical (unpaired) electrons. The maximum Gasteiger partial charge on any atom is 0.0986 e. The molecule has 2 heteroatoms. The molecule has 124 valence electrons. The van der Waals surface area contributed by atoms with Crippen LogP contribution in [0, 0.1) is 0 Å². The van der Waals surface area contributed by atoms with Gasteiger partial charge in [-0.25, -0.2) is 0 Å². The van der Waals surface area contributed by atoms with E-state index in [9.17, 15) is 0 Å². The van der Waals surface area contributed by atoms with Crippen molar-refractivity contribution in [2.75, 3.05) is 7.05 Å². The van der Waals surface area contributed by atoms with Crippen LogP contribution in [0.5, 0.6) is 0 Å². The molecule has 3 rings (SSSR count). The number of likely N-dealkylation sites (N-methyl/N-ethyl adjacent to an activating group) is 1. The van der Waals surface area contributed by atoms with Gasteiger partial charge in [0.05, 0.1) is 18.2 Å². The van der Waals surface area contributed by atoms with Gasteiger partial charge in [-0.1, -0.05) is 78.9 Å². The molecule has 1 aliphatic rings. The van der Waals surface area contributed by atoms with Gasteiger partial charge in [0, 0.05) is 6.04 Å². The summed E-state index contributed by atoms with van der Waals surface area (Å²) < 4.78 is 6.48. The van der Waals surface area contributed by atoms with Gasteiger partial charge in [0.1, 0.15) is 0 Å². The second-order valence-electron chi connectivity index (χ2n) is 6.33. The summed E-state index contributed by atoms with van der Waals surface area (Å²) in [5.74, 6) is 0. The van der Waals surface area contributed by atoms with E-state index in [-0.39, 0.29) is 24.3 Å². The first-order valence-corrected chi connectivity index (χ1v) is 8.49. The summed E-state index contributed by atoms with van der Waals surface area (Å²) in [5, 5.41) is 0. The highest BCUT2D eigenvalue weighted by molar-refractivity contribution is 5.49. The predicted molar refractivity (Wildman–Crippen MR) is 101 cm³/mol. The molecule has 0 spiro atoms. The minimum absolute atomic E-state index is 0.0193. The summed E-state index contributed by atoms with van der Waals surface area (Å²) in [6, 6.07) is 21.2. The van der Waals surface area contributed by atoms with Gasteiger partial charge in [0.2, 0.25) is 0 Å². The summed E-state index contributed by atoms with van der Waals surface area (Å²) in [7, 11) is 2.15. The smallest absolute Gasteiger partial charge is 0.0986 e. The lowest BCUT2D eigenvalue weighted by atomic mass is 9.95. The first-order valence-electron chi connectivity index (χ1n) is 8.49. The Bertz CT molecular complexity index is 680. The van der Waals surface area contributed by atoms with E-state index in [1.165, 1.54) is 11.1 Å².